The summed E-state index contributed by atoms with van der Waals surface area (Å²) in [6.07, 6.45) is 3.39. The number of nitrogens with one attached hydrogen (secondary N) is 2. The van der Waals surface area contributed by atoms with Gasteiger partial charge in [-0.1, -0.05) is 18.2 Å². The molecule has 2 fully saturated rings. The monoisotopic (exact) mass is 316 g/mol. The lowest BCUT2D eigenvalue weighted by Crippen LogP contribution is -2.50. The zero-order valence-corrected chi connectivity index (χ0v) is 14.0. The molecule has 0 bridgehead atoms. The van der Waals surface area contributed by atoms with Gasteiger partial charge in [0.05, 0.1) is 0 Å². The largest absolute Gasteiger partial charge is 0.371 e. The van der Waals surface area contributed by atoms with E-state index in [-0.39, 0.29) is 12.1 Å². The van der Waals surface area contributed by atoms with E-state index in [1.165, 1.54) is 5.69 Å². The number of amides is 2. The third kappa shape index (κ3) is 4.61. The summed E-state index contributed by atoms with van der Waals surface area (Å²) in [6.45, 7) is 4.95. The van der Waals surface area contributed by atoms with E-state index in [1.807, 2.05) is 6.07 Å². The lowest BCUT2D eigenvalue weighted by Gasteiger charge is -2.30. The molecule has 0 aromatic heterocycles. The van der Waals surface area contributed by atoms with Crippen molar-refractivity contribution in [3.8, 4) is 0 Å². The zero-order chi connectivity index (χ0) is 16.1. The first-order valence-corrected chi connectivity index (χ1v) is 8.73. The molecule has 2 amide bonds. The minimum Gasteiger partial charge on any atom is -0.371 e. The van der Waals surface area contributed by atoms with E-state index in [0.29, 0.717) is 5.92 Å². The zero-order valence-electron chi connectivity index (χ0n) is 14.0. The van der Waals surface area contributed by atoms with Gasteiger partial charge in [0, 0.05) is 37.9 Å². The molecule has 2 N–H and O–H groups in total. The summed E-state index contributed by atoms with van der Waals surface area (Å²) in [5.74, 6) is 0.537. The first-order valence-electron chi connectivity index (χ1n) is 8.73. The van der Waals surface area contributed by atoms with Crippen LogP contribution in [0.3, 0.4) is 0 Å². The van der Waals surface area contributed by atoms with Crippen molar-refractivity contribution < 1.29 is 4.79 Å². The van der Waals surface area contributed by atoms with E-state index in [1.54, 1.807) is 0 Å². The van der Waals surface area contributed by atoms with Crippen molar-refractivity contribution in [3.05, 3.63) is 30.3 Å². The number of rotatable bonds is 4. The molecular formula is C18H28N4O. The highest BCUT2D eigenvalue weighted by Crippen LogP contribution is 2.22. The van der Waals surface area contributed by atoms with Gasteiger partial charge in [0.2, 0.25) is 0 Å². The first kappa shape index (κ1) is 16.1. The summed E-state index contributed by atoms with van der Waals surface area (Å²) in [4.78, 5) is 16.8. The summed E-state index contributed by atoms with van der Waals surface area (Å²) < 4.78 is 0. The normalized spacial score (nSPS) is 25.3. The number of piperidine rings is 1. The Morgan fingerprint density at radius 1 is 1.17 bits per heavy atom. The molecule has 1 aromatic rings. The maximum atomic E-state index is 12.1. The number of para-hydroxylation sites is 1. The van der Waals surface area contributed by atoms with Crippen LogP contribution in [-0.4, -0.2) is 56.7 Å². The molecule has 5 nitrogen and oxygen atoms in total. The number of hydrogen-bond donors (Lipinski definition) is 2. The Kier molecular flexibility index (Phi) is 5.39. The van der Waals surface area contributed by atoms with E-state index in [2.05, 4.69) is 51.7 Å². The van der Waals surface area contributed by atoms with Gasteiger partial charge in [0.1, 0.15) is 0 Å². The molecule has 2 heterocycles. The Morgan fingerprint density at radius 3 is 2.78 bits per heavy atom. The lowest BCUT2D eigenvalue weighted by atomic mass is 10.1. The molecule has 3 rings (SSSR count). The molecule has 2 atom stereocenters. The van der Waals surface area contributed by atoms with Crippen LogP contribution < -0.4 is 15.5 Å². The molecule has 0 unspecified atom stereocenters. The number of anilines is 1. The van der Waals surface area contributed by atoms with Crippen molar-refractivity contribution in [2.24, 2.45) is 5.92 Å². The summed E-state index contributed by atoms with van der Waals surface area (Å²) in [5, 5.41) is 6.17. The van der Waals surface area contributed by atoms with Crippen LogP contribution in [0.1, 0.15) is 19.3 Å². The minimum atomic E-state index is -0.0107. The van der Waals surface area contributed by atoms with Crippen LogP contribution in [0.2, 0.25) is 0 Å². The van der Waals surface area contributed by atoms with Gasteiger partial charge in [-0.05, 0) is 50.9 Å². The number of carbonyl (C=O) groups excluding carboxylic acids is 1. The van der Waals surface area contributed by atoms with Crippen molar-refractivity contribution in [3.63, 3.8) is 0 Å². The second-order valence-electron chi connectivity index (χ2n) is 6.89. The molecule has 2 aliphatic rings. The van der Waals surface area contributed by atoms with Crippen LogP contribution in [0.15, 0.2) is 30.3 Å². The predicted octanol–water partition coefficient (Wildman–Crippen LogP) is 1.91. The third-order valence-corrected chi connectivity index (χ3v) is 4.92. The highest BCUT2D eigenvalue weighted by molar-refractivity contribution is 5.74. The number of likely N-dealkylation sites (N-methyl/N-ethyl adjacent to an activating group) is 1. The van der Waals surface area contributed by atoms with Crippen molar-refractivity contribution in [2.75, 3.05) is 44.7 Å². The van der Waals surface area contributed by atoms with E-state index in [9.17, 15) is 4.79 Å². The van der Waals surface area contributed by atoms with Gasteiger partial charge in [0.15, 0.2) is 0 Å². The fourth-order valence-electron chi connectivity index (χ4n) is 3.63. The van der Waals surface area contributed by atoms with Crippen LogP contribution in [-0.2, 0) is 0 Å². The Bertz CT molecular complexity index is 507. The van der Waals surface area contributed by atoms with Crippen molar-refractivity contribution in [2.45, 2.75) is 25.3 Å². The number of likely N-dealkylation sites (tertiary alicyclic amines) is 1. The molecule has 23 heavy (non-hydrogen) atoms. The van der Waals surface area contributed by atoms with E-state index in [4.69, 9.17) is 0 Å². The Morgan fingerprint density at radius 2 is 2.00 bits per heavy atom. The van der Waals surface area contributed by atoms with Crippen LogP contribution in [0.5, 0.6) is 0 Å². The van der Waals surface area contributed by atoms with E-state index < -0.39 is 0 Å². The number of nitrogens with zero attached hydrogens (tertiary/aromatic N) is 2. The van der Waals surface area contributed by atoms with Crippen LogP contribution in [0.4, 0.5) is 10.5 Å². The fourth-order valence-corrected chi connectivity index (χ4v) is 3.63. The van der Waals surface area contributed by atoms with Gasteiger partial charge in [-0.25, -0.2) is 4.79 Å². The first-order chi connectivity index (χ1) is 11.2. The Hall–Kier alpha value is -1.75. The maximum absolute atomic E-state index is 12.1. The Labute approximate surface area is 139 Å². The fraction of sp³-hybridized carbons (Fsp3) is 0.611. The molecule has 0 spiro atoms. The highest BCUT2D eigenvalue weighted by atomic mass is 16.2. The van der Waals surface area contributed by atoms with Gasteiger partial charge in [0.25, 0.3) is 0 Å². The molecule has 0 saturated carbocycles. The van der Waals surface area contributed by atoms with Gasteiger partial charge in [-0.15, -0.1) is 0 Å². The molecule has 126 valence electrons. The average molecular weight is 316 g/mol. The maximum Gasteiger partial charge on any atom is 0.315 e. The lowest BCUT2D eigenvalue weighted by molar-refractivity contribution is 0.208. The van der Waals surface area contributed by atoms with Gasteiger partial charge in [-0.2, -0.15) is 0 Å². The van der Waals surface area contributed by atoms with Crippen LogP contribution >= 0.6 is 0 Å². The molecule has 0 radical (unpaired) electrons. The summed E-state index contributed by atoms with van der Waals surface area (Å²) in [6, 6.07) is 10.8. The van der Waals surface area contributed by atoms with Gasteiger partial charge < -0.3 is 20.4 Å². The van der Waals surface area contributed by atoms with Crippen molar-refractivity contribution in [1.29, 1.82) is 0 Å². The molecule has 0 aliphatic carbocycles. The summed E-state index contributed by atoms with van der Waals surface area (Å²) >= 11 is 0. The molecular weight excluding hydrogens is 288 g/mol. The smallest absolute Gasteiger partial charge is 0.315 e. The second-order valence-corrected chi connectivity index (χ2v) is 6.89. The number of benzene rings is 1. The third-order valence-electron chi connectivity index (χ3n) is 4.92. The average Bonchev–Trinajstić information content (AvgIpc) is 3.03. The van der Waals surface area contributed by atoms with Crippen LogP contribution in [0, 0.1) is 5.92 Å². The molecule has 1 aromatic carbocycles. The molecule has 2 aliphatic heterocycles. The molecule has 5 heteroatoms. The van der Waals surface area contributed by atoms with Gasteiger partial charge >= 0.3 is 6.03 Å². The second kappa shape index (κ2) is 7.68. The SMILES string of the molecule is CN1CCC[C@H](NC(=O)NC[C@@H]2CCN(c3ccccc3)C2)C1. The molecule has 2 saturated heterocycles. The predicted molar refractivity (Wildman–Crippen MR) is 93.8 cm³/mol. The summed E-state index contributed by atoms with van der Waals surface area (Å²) in [7, 11) is 2.11. The van der Waals surface area contributed by atoms with Gasteiger partial charge in [-0.3, -0.25) is 0 Å². The van der Waals surface area contributed by atoms with Crippen molar-refractivity contribution in [1.82, 2.24) is 15.5 Å². The topological polar surface area (TPSA) is 47.6 Å². The number of urea groups is 1. The summed E-state index contributed by atoms with van der Waals surface area (Å²) in [5.41, 5.74) is 1.28. The van der Waals surface area contributed by atoms with Crippen LogP contribution in [0.25, 0.3) is 0 Å². The minimum absolute atomic E-state index is 0.0107. The number of carbonyl (C=O) groups is 1. The quantitative estimate of drug-likeness (QED) is 0.892. The highest BCUT2D eigenvalue weighted by Gasteiger charge is 2.24. The van der Waals surface area contributed by atoms with Crippen molar-refractivity contribution >= 4 is 11.7 Å². The number of hydrogen-bond acceptors (Lipinski definition) is 3. The standard InChI is InChI=1S/C18H28N4O/c1-21-10-5-6-16(14-21)20-18(23)19-12-15-9-11-22(13-15)17-7-3-2-4-8-17/h2-4,7-8,15-16H,5-6,9-14H2,1H3,(H2,19,20,23)/t15-,16-/m0/s1. The Balaban J connectivity index is 1.38. The van der Waals surface area contributed by atoms with E-state index >= 15 is 0 Å². The van der Waals surface area contributed by atoms with E-state index in [0.717, 1.165) is 52.0 Å².